The third-order valence-corrected chi connectivity index (χ3v) is 6.25. The number of hydrogen-bond donors (Lipinski definition) is 0. The van der Waals surface area contributed by atoms with Crippen molar-refractivity contribution in [1.29, 1.82) is 0 Å². The molecular formula is C13H18ClNOS2. The predicted molar refractivity (Wildman–Crippen MR) is 80.2 cm³/mol. The minimum Gasteiger partial charge on any atom is -0.229 e. The van der Waals surface area contributed by atoms with E-state index < -0.39 is 11.0 Å². The molecule has 0 saturated heterocycles. The number of hydrogen-bond acceptors (Lipinski definition) is 2. The zero-order valence-electron chi connectivity index (χ0n) is 10.7. The first-order valence-electron chi connectivity index (χ1n) is 6.28. The van der Waals surface area contributed by atoms with Crippen LogP contribution in [0.1, 0.15) is 44.6 Å². The summed E-state index contributed by atoms with van der Waals surface area (Å²) in [7, 11) is -1.28. The Balaban J connectivity index is 2.02. The Morgan fingerprint density at radius 3 is 2.78 bits per heavy atom. The van der Waals surface area contributed by atoms with Gasteiger partial charge in [0.1, 0.15) is 4.21 Å². The molecule has 2 rings (SSSR count). The van der Waals surface area contributed by atoms with E-state index in [1.807, 2.05) is 19.9 Å². The first-order valence-corrected chi connectivity index (χ1v) is 8.58. The van der Waals surface area contributed by atoms with Gasteiger partial charge in [-0.25, -0.2) is 4.21 Å². The minimum absolute atomic E-state index is 0.680. The van der Waals surface area contributed by atoms with Crippen LogP contribution in [-0.4, -0.2) is 9.92 Å². The molecule has 18 heavy (non-hydrogen) atoms. The Morgan fingerprint density at radius 1 is 1.56 bits per heavy atom. The lowest BCUT2D eigenvalue weighted by molar-refractivity contribution is 0.572. The normalized spacial score (nSPS) is 19.4. The second kappa shape index (κ2) is 6.31. The lowest BCUT2D eigenvalue weighted by Crippen LogP contribution is -2.03. The van der Waals surface area contributed by atoms with E-state index in [1.165, 1.54) is 37.0 Å². The maximum absolute atomic E-state index is 12.1. The van der Waals surface area contributed by atoms with Crippen molar-refractivity contribution in [2.24, 2.45) is 10.3 Å². The number of thiophene rings is 1. The monoisotopic (exact) mass is 303 g/mol. The molecule has 0 aliphatic heterocycles. The number of nitrogens with zero attached hydrogens (tertiary/aromatic N) is 1. The number of rotatable bonds is 4. The molecule has 0 aromatic carbocycles. The topological polar surface area (TPSA) is 29.4 Å². The van der Waals surface area contributed by atoms with Gasteiger partial charge in [-0.15, -0.1) is 11.3 Å². The summed E-state index contributed by atoms with van der Waals surface area (Å²) in [6, 6.07) is 1.85. The third-order valence-electron chi connectivity index (χ3n) is 3.30. The second-order valence-corrected chi connectivity index (χ2v) is 7.98. The van der Waals surface area contributed by atoms with Gasteiger partial charge in [0.25, 0.3) is 0 Å². The van der Waals surface area contributed by atoms with Gasteiger partial charge in [0.2, 0.25) is 0 Å². The van der Waals surface area contributed by atoms with Crippen LogP contribution in [0.2, 0.25) is 4.34 Å². The largest absolute Gasteiger partial charge is 0.229 e. The molecule has 0 amide bonds. The average molecular weight is 304 g/mol. The summed E-state index contributed by atoms with van der Waals surface area (Å²) in [5, 5.41) is 0. The molecule has 1 atom stereocenters. The summed E-state index contributed by atoms with van der Waals surface area (Å²) in [4.78, 5) is 0. The zero-order chi connectivity index (χ0) is 13.1. The molecule has 1 aromatic heterocycles. The lowest BCUT2D eigenvalue weighted by atomic mass is 10.0. The standard InChI is InChI=1S/C13H18ClNOS2/c1-9-7-12(14)17-13(9)18(16)15-10(2)8-11-5-3-4-6-11/h7,11H,3-6,8H2,1-2H3/b15-10+. The van der Waals surface area contributed by atoms with Crippen molar-refractivity contribution in [3.8, 4) is 0 Å². The Bertz CT molecular complexity index is 475. The maximum Gasteiger partial charge on any atom is 0.183 e. The van der Waals surface area contributed by atoms with Crippen molar-refractivity contribution in [3.05, 3.63) is 16.0 Å². The molecule has 1 saturated carbocycles. The summed E-state index contributed by atoms with van der Waals surface area (Å²) in [5.74, 6) is 0.749. The van der Waals surface area contributed by atoms with Gasteiger partial charge < -0.3 is 0 Å². The molecule has 1 aliphatic rings. The molecule has 2 nitrogen and oxygen atoms in total. The molecule has 0 N–H and O–H groups in total. The maximum atomic E-state index is 12.1. The van der Waals surface area contributed by atoms with Crippen LogP contribution in [0.15, 0.2) is 14.7 Å². The molecule has 1 aromatic rings. The third kappa shape index (κ3) is 3.65. The van der Waals surface area contributed by atoms with Crippen LogP contribution in [0.3, 0.4) is 0 Å². The molecule has 5 heteroatoms. The summed E-state index contributed by atoms with van der Waals surface area (Å²) in [6.45, 7) is 3.91. The molecule has 1 heterocycles. The summed E-state index contributed by atoms with van der Waals surface area (Å²) in [6.07, 6.45) is 6.25. The number of halogens is 1. The minimum atomic E-state index is -1.28. The van der Waals surface area contributed by atoms with Gasteiger partial charge in [-0.1, -0.05) is 37.3 Å². The molecule has 100 valence electrons. The highest BCUT2D eigenvalue weighted by Gasteiger charge is 2.17. The Hall–Kier alpha value is -0.190. The summed E-state index contributed by atoms with van der Waals surface area (Å²) >= 11 is 7.28. The van der Waals surface area contributed by atoms with Crippen LogP contribution in [0.25, 0.3) is 0 Å². The van der Waals surface area contributed by atoms with E-state index in [0.717, 1.165) is 27.8 Å². The Kier molecular flexibility index (Phi) is 4.98. The van der Waals surface area contributed by atoms with Crippen molar-refractivity contribution in [3.63, 3.8) is 0 Å². The van der Waals surface area contributed by atoms with Gasteiger partial charge in [0.15, 0.2) is 11.0 Å². The summed E-state index contributed by atoms with van der Waals surface area (Å²) in [5.41, 5.74) is 1.98. The van der Waals surface area contributed by atoms with Crippen LogP contribution in [0.4, 0.5) is 0 Å². The van der Waals surface area contributed by atoms with Gasteiger partial charge >= 0.3 is 0 Å². The number of aryl methyl sites for hydroxylation is 1. The van der Waals surface area contributed by atoms with Crippen molar-refractivity contribution in [2.45, 2.75) is 50.2 Å². The fraction of sp³-hybridized carbons (Fsp3) is 0.615. The van der Waals surface area contributed by atoms with Crippen LogP contribution in [0.5, 0.6) is 0 Å². The zero-order valence-corrected chi connectivity index (χ0v) is 13.1. The molecule has 0 bridgehead atoms. The predicted octanol–water partition coefficient (Wildman–Crippen LogP) is 4.77. The SMILES string of the molecule is C/C(CC1CCCC1)=N\S(=O)c1sc(Cl)cc1C. The molecule has 0 spiro atoms. The van der Waals surface area contributed by atoms with E-state index in [4.69, 9.17) is 11.6 Å². The van der Waals surface area contributed by atoms with Crippen molar-refractivity contribution in [1.82, 2.24) is 0 Å². The average Bonchev–Trinajstić information content (AvgIpc) is 2.88. The highest BCUT2D eigenvalue weighted by Crippen LogP contribution is 2.31. The molecule has 0 radical (unpaired) electrons. The van der Waals surface area contributed by atoms with Gasteiger partial charge in [0, 0.05) is 5.71 Å². The van der Waals surface area contributed by atoms with E-state index in [9.17, 15) is 4.21 Å². The lowest BCUT2D eigenvalue weighted by Gasteiger charge is -2.07. The van der Waals surface area contributed by atoms with E-state index in [0.29, 0.717) is 4.34 Å². The fourth-order valence-electron chi connectivity index (χ4n) is 2.45. The van der Waals surface area contributed by atoms with E-state index in [-0.39, 0.29) is 0 Å². The van der Waals surface area contributed by atoms with Gasteiger partial charge in [0.05, 0.1) is 4.34 Å². The van der Waals surface area contributed by atoms with Crippen LogP contribution >= 0.6 is 22.9 Å². The van der Waals surface area contributed by atoms with Gasteiger partial charge in [-0.3, -0.25) is 0 Å². The van der Waals surface area contributed by atoms with Crippen molar-refractivity contribution < 1.29 is 4.21 Å². The molecule has 1 aliphatic carbocycles. The quantitative estimate of drug-likeness (QED) is 0.736. The van der Waals surface area contributed by atoms with E-state index >= 15 is 0 Å². The molecular weight excluding hydrogens is 286 g/mol. The fourth-order valence-corrected chi connectivity index (χ4v) is 5.06. The van der Waals surface area contributed by atoms with Gasteiger partial charge in [-0.2, -0.15) is 4.40 Å². The second-order valence-electron chi connectivity index (χ2n) is 4.95. The molecule has 1 unspecified atom stereocenters. The van der Waals surface area contributed by atoms with Crippen LogP contribution < -0.4 is 0 Å². The Morgan fingerprint density at radius 2 is 2.22 bits per heavy atom. The van der Waals surface area contributed by atoms with Crippen molar-refractivity contribution in [2.75, 3.05) is 0 Å². The molecule has 1 fully saturated rings. The van der Waals surface area contributed by atoms with Crippen LogP contribution in [0, 0.1) is 12.8 Å². The van der Waals surface area contributed by atoms with Crippen LogP contribution in [-0.2, 0) is 11.0 Å². The highest BCUT2D eigenvalue weighted by atomic mass is 35.5. The van der Waals surface area contributed by atoms with E-state index in [2.05, 4.69) is 4.40 Å². The highest BCUT2D eigenvalue weighted by molar-refractivity contribution is 7.86. The summed E-state index contributed by atoms with van der Waals surface area (Å²) < 4.78 is 17.9. The Labute approximate surface area is 120 Å². The van der Waals surface area contributed by atoms with E-state index in [1.54, 1.807) is 0 Å². The smallest absolute Gasteiger partial charge is 0.183 e. The first kappa shape index (κ1) is 14.2. The first-order chi connectivity index (χ1) is 8.56. The van der Waals surface area contributed by atoms with Gasteiger partial charge in [-0.05, 0) is 37.8 Å². The van der Waals surface area contributed by atoms with Crippen molar-refractivity contribution >= 4 is 39.6 Å².